The van der Waals surface area contributed by atoms with Crippen LogP contribution in [-0.4, -0.2) is 62.1 Å². The molecule has 0 saturated carbocycles. The average Bonchev–Trinajstić information content (AvgIpc) is 2.86. The molecule has 0 aromatic carbocycles. The fourth-order valence-electron chi connectivity index (χ4n) is 2.06. The van der Waals surface area contributed by atoms with E-state index < -0.39 is 0 Å². The van der Waals surface area contributed by atoms with Gasteiger partial charge in [-0.25, -0.2) is 0 Å². The number of nitrogens with zero attached hydrogens (tertiary/aromatic N) is 1. The molecule has 2 N–H and O–H groups in total. The Morgan fingerprint density at radius 2 is 2.06 bits per heavy atom. The Bertz CT molecular complexity index is 292. The van der Waals surface area contributed by atoms with Crippen LogP contribution in [0.5, 0.6) is 0 Å². The minimum atomic E-state index is -0.251. The second-order valence-corrected chi connectivity index (χ2v) is 4.34. The van der Waals surface area contributed by atoms with Gasteiger partial charge < -0.3 is 20.3 Å². The Morgan fingerprint density at radius 1 is 1.39 bits per heavy atom. The Labute approximate surface area is 108 Å². The zero-order valence-corrected chi connectivity index (χ0v) is 11.4. The molecule has 1 saturated heterocycles. The van der Waals surface area contributed by atoms with E-state index in [1.165, 1.54) is 0 Å². The Morgan fingerprint density at radius 3 is 2.56 bits per heavy atom. The van der Waals surface area contributed by atoms with E-state index in [4.69, 9.17) is 4.74 Å². The summed E-state index contributed by atoms with van der Waals surface area (Å²) in [6.45, 7) is 5.92. The van der Waals surface area contributed by atoms with Crippen LogP contribution in [0.15, 0.2) is 0 Å². The largest absolute Gasteiger partial charge is 0.380 e. The van der Waals surface area contributed by atoms with Crippen molar-refractivity contribution in [3.8, 4) is 0 Å². The number of carbonyl (C=O) groups is 2. The molecule has 2 amide bonds. The molecule has 6 nitrogen and oxygen atoms in total. The zero-order chi connectivity index (χ0) is 13.5. The van der Waals surface area contributed by atoms with Crippen LogP contribution < -0.4 is 10.6 Å². The van der Waals surface area contributed by atoms with Gasteiger partial charge in [0.15, 0.2) is 0 Å². The number of hydrogen-bond acceptors (Lipinski definition) is 4. The predicted octanol–water partition coefficient (Wildman–Crippen LogP) is -0.652. The molecule has 1 rings (SSSR count). The van der Waals surface area contributed by atoms with Crippen LogP contribution in [0.25, 0.3) is 0 Å². The molecule has 2 atom stereocenters. The second kappa shape index (κ2) is 7.33. The summed E-state index contributed by atoms with van der Waals surface area (Å²) in [5.74, 6) is -0.176. The zero-order valence-electron chi connectivity index (χ0n) is 11.4. The molecular weight excluding hydrogens is 234 g/mol. The van der Waals surface area contributed by atoms with Crippen molar-refractivity contribution >= 4 is 11.8 Å². The van der Waals surface area contributed by atoms with Crippen LogP contribution in [-0.2, 0) is 14.3 Å². The van der Waals surface area contributed by atoms with Crippen molar-refractivity contribution in [3.05, 3.63) is 0 Å². The lowest BCUT2D eigenvalue weighted by molar-refractivity contribution is -0.133. The third-order valence-electron chi connectivity index (χ3n) is 3.27. The topological polar surface area (TPSA) is 70.7 Å². The van der Waals surface area contributed by atoms with Crippen LogP contribution in [0.4, 0.5) is 0 Å². The van der Waals surface area contributed by atoms with Gasteiger partial charge in [-0.3, -0.25) is 9.59 Å². The summed E-state index contributed by atoms with van der Waals surface area (Å²) in [5.41, 5.74) is 0. The summed E-state index contributed by atoms with van der Waals surface area (Å²) < 4.78 is 5.17. The molecule has 0 aromatic rings. The minimum Gasteiger partial charge on any atom is -0.380 e. The van der Waals surface area contributed by atoms with Gasteiger partial charge in [0.05, 0.1) is 18.7 Å². The van der Waals surface area contributed by atoms with Crippen molar-refractivity contribution < 1.29 is 14.3 Å². The molecule has 0 spiro atoms. The Balaban J connectivity index is 2.31. The van der Waals surface area contributed by atoms with Gasteiger partial charge in [0.1, 0.15) is 0 Å². The smallest absolute Gasteiger partial charge is 0.241 e. The van der Waals surface area contributed by atoms with Gasteiger partial charge in [0.25, 0.3) is 0 Å². The molecule has 18 heavy (non-hydrogen) atoms. The van der Waals surface area contributed by atoms with Gasteiger partial charge in [-0.2, -0.15) is 0 Å². The average molecular weight is 257 g/mol. The molecule has 1 aliphatic rings. The summed E-state index contributed by atoms with van der Waals surface area (Å²) in [7, 11) is 1.64. The fourth-order valence-corrected chi connectivity index (χ4v) is 2.06. The molecule has 0 radical (unpaired) electrons. The van der Waals surface area contributed by atoms with Crippen LogP contribution in [0.2, 0.25) is 0 Å². The molecule has 0 bridgehead atoms. The lowest BCUT2D eigenvalue weighted by atomic mass is 10.2. The summed E-state index contributed by atoms with van der Waals surface area (Å²) in [5, 5.41) is 5.75. The molecule has 0 aromatic heterocycles. The van der Waals surface area contributed by atoms with Gasteiger partial charge in [-0.05, 0) is 20.3 Å². The highest BCUT2D eigenvalue weighted by Crippen LogP contribution is 2.09. The molecule has 6 heteroatoms. The van der Waals surface area contributed by atoms with E-state index in [1.807, 2.05) is 13.8 Å². The summed E-state index contributed by atoms with van der Waals surface area (Å²) in [4.78, 5) is 25.2. The van der Waals surface area contributed by atoms with Crippen molar-refractivity contribution in [1.29, 1.82) is 0 Å². The van der Waals surface area contributed by atoms with Gasteiger partial charge in [0.2, 0.25) is 11.8 Å². The van der Waals surface area contributed by atoms with Gasteiger partial charge in [-0.15, -0.1) is 0 Å². The van der Waals surface area contributed by atoms with Crippen LogP contribution in [0.1, 0.15) is 20.3 Å². The summed E-state index contributed by atoms with van der Waals surface area (Å²) >= 11 is 0. The van der Waals surface area contributed by atoms with Crippen LogP contribution in [0.3, 0.4) is 0 Å². The van der Waals surface area contributed by atoms with Crippen LogP contribution in [0, 0.1) is 0 Å². The maximum absolute atomic E-state index is 11.8. The first-order chi connectivity index (χ1) is 8.62. The first kappa shape index (κ1) is 14.9. The van der Waals surface area contributed by atoms with Gasteiger partial charge in [0, 0.05) is 26.7 Å². The van der Waals surface area contributed by atoms with E-state index >= 15 is 0 Å². The normalized spacial score (nSPS) is 22.8. The fraction of sp³-hybridized carbons (Fsp3) is 0.833. The van der Waals surface area contributed by atoms with Crippen molar-refractivity contribution in [3.63, 3.8) is 0 Å². The first-order valence-electron chi connectivity index (χ1n) is 6.44. The van der Waals surface area contributed by atoms with E-state index in [2.05, 4.69) is 10.6 Å². The highest BCUT2D eigenvalue weighted by atomic mass is 16.5. The lowest BCUT2D eigenvalue weighted by Gasteiger charge is -2.19. The van der Waals surface area contributed by atoms with E-state index in [0.717, 1.165) is 0 Å². The van der Waals surface area contributed by atoms with Crippen molar-refractivity contribution in [2.45, 2.75) is 32.4 Å². The monoisotopic (exact) mass is 257 g/mol. The van der Waals surface area contributed by atoms with E-state index in [1.54, 1.807) is 12.0 Å². The molecule has 104 valence electrons. The number of rotatable bonds is 6. The summed E-state index contributed by atoms with van der Waals surface area (Å²) in [6.07, 6.45) is 0.737. The van der Waals surface area contributed by atoms with Crippen molar-refractivity contribution in [2.75, 3.05) is 33.3 Å². The lowest BCUT2D eigenvalue weighted by Crippen LogP contribution is -2.45. The Hall–Kier alpha value is -1.14. The summed E-state index contributed by atoms with van der Waals surface area (Å²) in [6, 6.07) is -0.251. The molecule has 1 heterocycles. The van der Waals surface area contributed by atoms with E-state index in [9.17, 15) is 9.59 Å². The maximum Gasteiger partial charge on any atom is 0.241 e. The molecular formula is C12H23N3O3. The first-order valence-corrected chi connectivity index (χ1v) is 6.44. The predicted molar refractivity (Wildman–Crippen MR) is 68.1 cm³/mol. The van der Waals surface area contributed by atoms with Crippen molar-refractivity contribution in [2.24, 2.45) is 0 Å². The van der Waals surface area contributed by atoms with Crippen LogP contribution >= 0.6 is 0 Å². The number of carbonyl (C=O) groups excluding carboxylic acids is 2. The number of ether oxygens (including phenoxy) is 1. The minimum absolute atomic E-state index is 0.0466. The number of likely N-dealkylation sites (N-methyl/N-ethyl adjacent to an activating group) is 1. The standard InChI is InChI=1S/C12H23N3O3/c1-4-15(5-2)11(16)8-14-12(17)10-6-9(18-3)7-13-10/h9-10,13H,4-8H2,1-3H3,(H,14,17). The molecule has 2 unspecified atom stereocenters. The maximum atomic E-state index is 11.8. The number of nitrogens with one attached hydrogen (secondary N) is 2. The molecule has 1 aliphatic heterocycles. The molecule has 0 aliphatic carbocycles. The highest BCUT2D eigenvalue weighted by molar-refractivity contribution is 5.87. The van der Waals surface area contributed by atoms with E-state index in [0.29, 0.717) is 26.1 Å². The Kier molecular flexibility index (Phi) is 6.07. The third-order valence-corrected chi connectivity index (χ3v) is 3.27. The van der Waals surface area contributed by atoms with E-state index in [-0.39, 0.29) is 30.5 Å². The quantitative estimate of drug-likeness (QED) is 0.663. The SMILES string of the molecule is CCN(CC)C(=O)CNC(=O)C1CC(OC)CN1. The molecule has 1 fully saturated rings. The number of hydrogen-bond donors (Lipinski definition) is 2. The second-order valence-electron chi connectivity index (χ2n) is 4.34. The highest BCUT2D eigenvalue weighted by Gasteiger charge is 2.29. The van der Waals surface area contributed by atoms with Gasteiger partial charge in [-0.1, -0.05) is 0 Å². The third kappa shape index (κ3) is 3.96. The van der Waals surface area contributed by atoms with Crippen molar-refractivity contribution in [1.82, 2.24) is 15.5 Å². The van der Waals surface area contributed by atoms with Gasteiger partial charge >= 0.3 is 0 Å². The number of amides is 2. The number of methoxy groups -OCH3 is 1.